The Morgan fingerprint density at radius 3 is 2.40 bits per heavy atom. The molecule has 0 aliphatic rings. The van der Waals surface area contributed by atoms with Gasteiger partial charge in [0.1, 0.15) is 5.88 Å². The molecule has 1 amide bonds. The SMILES string of the molecule is CCN(CC)S(=O)(=O)c1ccc(C)c(NC(=O)CCl)c1. The third-order valence-electron chi connectivity index (χ3n) is 2.95. The lowest BCUT2D eigenvalue weighted by Gasteiger charge is -2.19. The van der Waals surface area contributed by atoms with Gasteiger partial charge in [0, 0.05) is 18.8 Å². The summed E-state index contributed by atoms with van der Waals surface area (Å²) >= 11 is 5.44. The van der Waals surface area contributed by atoms with Crippen molar-refractivity contribution >= 4 is 33.2 Å². The van der Waals surface area contributed by atoms with Crippen LogP contribution in [0.25, 0.3) is 0 Å². The highest BCUT2D eigenvalue weighted by Crippen LogP contribution is 2.23. The summed E-state index contributed by atoms with van der Waals surface area (Å²) in [6.45, 7) is 6.15. The number of anilines is 1. The van der Waals surface area contributed by atoms with Crippen molar-refractivity contribution < 1.29 is 13.2 Å². The average molecular weight is 319 g/mol. The highest BCUT2D eigenvalue weighted by molar-refractivity contribution is 7.89. The topological polar surface area (TPSA) is 66.5 Å². The summed E-state index contributed by atoms with van der Waals surface area (Å²) < 4.78 is 26.2. The number of hydrogen-bond donors (Lipinski definition) is 1. The van der Waals surface area contributed by atoms with E-state index in [1.54, 1.807) is 32.9 Å². The van der Waals surface area contributed by atoms with Crippen LogP contribution in [0, 0.1) is 6.92 Å². The molecule has 0 aliphatic carbocycles. The summed E-state index contributed by atoms with van der Waals surface area (Å²) in [4.78, 5) is 11.5. The van der Waals surface area contributed by atoms with Crippen LogP contribution in [0.5, 0.6) is 0 Å². The smallest absolute Gasteiger partial charge is 0.243 e. The Morgan fingerprint density at radius 1 is 1.30 bits per heavy atom. The lowest BCUT2D eigenvalue weighted by atomic mass is 10.2. The molecular formula is C13H19ClN2O3S. The number of aryl methyl sites for hydroxylation is 1. The van der Waals surface area contributed by atoms with Crippen LogP contribution in [0.3, 0.4) is 0 Å². The number of carbonyl (C=O) groups excluding carboxylic acids is 1. The second-order valence-corrected chi connectivity index (χ2v) is 6.45. The van der Waals surface area contributed by atoms with Gasteiger partial charge in [0.25, 0.3) is 0 Å². The number of halogens is 1. The molecule has 0 radical (unpaired) electrons. The van der Waals surface area contributed by atoms with Crippen molar-refractivity contribution in [1.29, 1.82) is 0 Å². The van der Waals surface area contributed by atoms with Crippen LogP contribution >= 0.6 is 11.6 Å². The number of benzene rings is 1. The van der Waals surface area contributed by atoms with Crippen LogP contribution in [0.4, 0.5) is 5.69 Å². The van der Waals surface area contributed by atoms with E-state index in [-0.39, 0.29) is 16.7 Å². The van der Waals surface area contributed by atoms with Gasteiger partial charge in [-0.1, -0.05) is 19.9 Å². The molecule has 0 spiro atoms. The van der Waals surface area contributed by atoms with Gasteiger partial charge < -0.3 is 5.32 Å². The second kappa shape index (κ2) is 7.06. The van der Waals surface area contributed by atoms with E-state index in [9.17, 15) is 13.2 Å². The lowest BCUT2D eigenvalue weighted by Crippen LogP contribution is -2.30. The zero-order valence-corrected chi connectivity index (χ0v) is 13.4. The summed E-state index contributed by atoms with van der Waals surface area (Å²) in [5.74, 6) is -0.543. The van der Waals surface area contributed by atoms with Gasteiger partial charge in [-0.25, -0.2) is 8.42 Å². The van der Waals surface area contributed by atoms with E-state index in [1.807, 2.05) is 0 Å². The van der Waals surface area contributed by atoms with Gasteiger partial charge in [0.05, 0.1) is 4.90 Å². The molecule has 0 aromatic heterocycles. The predicted octanol–water partition coefficient (Wildman–Crippen LogP) is 2.20. The fourth-order valence-corrected chi connectivity index (χ4v) is 3.34. The molecule has 1 rings (SSSR count). The molecule has 0 fully saturated rings. The Kier molecular flexibility index (Phi) is 5.98. The summed E-state index contributed by atoms with van der Waals surface area (Å²) in [6.07, 6.45) is 0. The quantitative estimate of drug-likeness (QED) is 0.818. The zero-order valence-electron chi connectivity index (χ0n) is 11.8. The summed E-state index contributed by atoms with van der Waals surface area (Å²) in [6, 6.07) is 4.67. The monoisotopic (exact) mass is 318 g/mol. The average Bonchev–Trinajstić information content (AvgIpc) is 2.41. The van der Waals surface area contributed by atoms with Crippen molar-refractivity contribution in [2.75, 3.05) is 24.3 Å². The number of rotatable bonds is 6. The minimum atomic E-state index is -3.53. The summed E-state index contributed by atoms with van der Waals surface area (Å²) in [5, 5.41) is 2.59. The first-order chi connectivity index (χ1) is 9.36. The van der Waals surface area contributed by atoms with Gasteiger partial charge in [-0.2, -0.15) is 4.31 Å². The van der Waals surface area contributed by atoms with Crippen molar-refractivity contribution in [3.63, 3.8) is 0 Å². The van der Waals surface area contributed by atoms with E-state index >= 15 is 0 Å². The minimum Gasteiger partial charge on any atom is -0.325 e. The highest BCUT2D eigenvalue weighted by Gasteiger charge is 2.22. The third kappa shape index (κ3) is 3.71. The van der Waals surface area contributed by atoms with Crippen molar-refractivity contribution in [2.24, 2.45) is 0 Å². The third-order valence-corrected chi connectivity index (χ3v) is 5.24. The molecule has 5 nitrogen and oxygen atoms in total. The highest BCUT2D eigenvalue weighted by atomic mass is 35.5. The minimum absolute atomic E-state index is 0.164. The van der Waals surface area contributed by atoms with Crippen molar-refractivity contribution in [2.45, 2.75) is 25.7 Å². The maximum absolute atomic E-state index is 12.4. The van der Waals surface area contributed by atoms with E-state index < -0.39 is 10.0 Å². The fourth-order valence-electron chi connectivity index (χ4n) is 1.79. The zero-order chi connectivity index (χ0) is 15.3. The second-order valence-electron chi connectivity index (χ2n) is 4.25. The molecule has 0 atom stereocenters. The molecule has 112 valence electrons. The Labute approximate surface area is 125 Å². The number of alkyl halides is 1. The first-order valence-corrected chi connectivity index (χ1v) is 8.30. The van der Waals surface area contributed by atoms with Gasteiger partial charge in [-0.3, -0.25) is 4.79 Å². The molecule has 0 saturated heterocycles. The fraction of sp³-hybridized carbons (Fsp3) is 0.462. The van der Waals surface area contributed by atoms with E-state index in [1.165, 1.54) is 10.4 Å². The molecule has 20 heavy (non-hydrogen) atoms. The van der Waals surface area contributed by atoms with Gasteiger partial charge in [-0.15, -0.1) is 11.6 Å². The summed E-state index contributed by atoms with van der Waals surface area (Å²) in [7, 11) is -3.53. The van der Waals surface area contributed by atoms with Crippen molar-refractivity contribution in [3.8, 4) is 0 Å². The van der Waals surface area contributed by atoms with Gasteiger partial charge in [-0.05, 0) is 24.6 Å². The van der Waals surface area contributed by atoms with Gasteiger partial charge in [0.2, 0.25) is 15.9 Å². The van der Waals surface area contributed by atoms with Crippen LogP contribution in [0.2, 0.25) is 0 Å². The molecule has 1 aromatic rings. The number of amides is 1. The normalized spacial score (nSPS) is 11.7. The first kappa shape index (κ1) is 16.9. The number of carbonyl (C=O) groups is 1. The number of nitrogens with one attached hydrogen (secondary N) is 1. The molecular weight excluding hydrogens is 300 g/mol. The molecule has 7 heteroatoms. The largest absolute Gasteiger partial charge is 0.325 e. The maximum atomic E-state index is 12.4. The molecule has 1 N–H and O–H groups in total. The Morgan fingerprint density at radius 2 is 1.90 bits per heavy atom. The van der Waals surface area contributed by atoms with Crippen LogP contribution in [-0.4, -0.2) is 37.6 Å². The Bertz CT molecular complexity index is 583. The standard InChI is InChI=1S/C13H19ClN2O3S/c1-4-16(5-2)20(18,19)11-7-6-10(3)12(8-11)15-13(17)9-14/h6-8H,4-5,9H2,1-3H3,(H,15,17). The number of hydrogen-bond acceptors (Lipinski definition) is 3. The lowest BCUT2D eigenvalue weighted by molar-refractivity contribution is -0.113. The Balaban J connectivity index is 3.21. The van der Waals surface area contributed by atoms with Crippen LogP contribution in [-0.2, 0) is 14.8 Å². The first-order valence-electron chi connectivity index (χ1n) is 6.33. The molecule has 0 unspecified atom stereocenters. The molecule has 1 aromatic carbocycles. The molecule has 0 aliphatic heterocycles. The van der Waals surface area contributed by atoms with Crippen LogP contribution in [0.15, 0.2) is 23.1 Å². The predicted molar refractivity (Wildman–Crippen MR) is 80.6 cm³/mol. The maximum Gasteiger partial charge on any atom is 0.243 e. The van der Waals surface area contributed by atoms with Gasteiger partial charge >= 0.3 is 0 Å². The number of sulfonamides is 1. The summed E-state index contributed by atoms with van der Waals surface area (Å²) in [5.41, 5.74) is 1.24. The number of nitrogens with zero attached hydrogens (tertiary/aromatic N) is 1. The Hall–Kier alpha value is -1.11. The van der Waals surface area contributed by atoms with Crippen molar-refractivity contribution in [1.82, 2.24) is 4.31 Å². The van der Waals surface area contributed by atoms with Crippen LogP contribution in [0.1, 0.15) is 19.4 Å². The van der Waals surface area contributed by atoms with E-state index in [0.29, 0.717) is 18.8 Å². The molecule has 0 saturated carbocycles. The van der Waals surface area contributed by atoms with E-state index in [4.69, 9.17) is 11.6 Å². The molecule has 0 bridgehead atoms. The van der Waals surface area contributed by atoms with Crippen molar-refractivity contribution in [3.05, 3.63) is 23.8 Å². The van der Waals surface area contributed by atoms with E-state index in [0.717, 1.165) is 5.56 Å². The van der Waals surface area contributed by atoms with E-state index in [2.05, 4.69) is 5.32 Å². The van der Waals surface area contributed by atoms with Crippen LogP contribution < -0.4 is 5.32 Å². The van der Waals surface area contributed by atoms with Gasteiger partial charge in [0.15, 0.2) is 0 Å². The molecule has 0 heterocycles.